The molecule has 0 unspecified atom stereocenters. The van der Waals surface area contributed by atoms with Gasteiger partial charge in [-0.05, 0) is 12.1 Å². The van der Waals surface area contributed by atoms with Crippen LogP contribution in [-0.4, -0.2) is 27.7 Å². The van der Waals surface area contributed by atoms with Crippen molar-refractivity contribution in [3.8, 4) is 11.3 Å². The van der Waals surface area contributed by atoms with Crippen molar-refractivity contribution in [1.29, 1.82) is 0 Å². The number of pyridine rings is 1. The molecule has 0 spiro atoms. The first-order valence-electron chi connectivity index (χ1n) is 5.19. The van der Waals surface area contributed by atoms with Crippen LogP contribution in [0.15, 0.2) is 23.7 Å². The van der Waals surface area contributed by atoms with Gasteiger partial charge < -0.3 is 10.4 Å². The largest absolute Gasteiger partial charge is 0.465 e. The quantitative estimate of drug-likeness (QED) is 0.832. The first kappa shape index (κ1) is 12.4. The number of carboxylic acid groups (broad SMARTS) is 1. The minimum absolute atomic E-state index is 0.289. The van der Waals surface area contributed by atoms with Gasteiger partial charge in [0, 0.05) is 24.5 Å². The predicted octanol–water partition coefficient (Wildman–Crippen LogP) is 2.15. The number of nitrogens with one attached hydrogen (secondary N) is 1. The molecule has 94 valence electrons. The van der Waals surface area contributed by atoms with Gasteiger partial charge in [-0.15, -0.1) is 11.3 Å². The molecule has 0 fully saturated rings. The summed E-state index contributed by atoms with van der Waals surface area (Å²) in [5.74, 6) is -0.557. The Bertz CT molecular complexity index is 559. The van der Waals surface area contributed by atoms with Crippen LogP contribution in [0, 0.1) is 5.95 Å². The van der Waals surface area contributed by atoms with Crippen molar-refractivity contribution in [3.05, 3.63) is 34.7 Å². The summed E-state index contributed by atoms with van der Waals surface area (Å²) in [6.07, 6.45) is 0.798. The summed E-state index contributed by atoms with van der Waals surface area (Å²) in [6.45, 7) is 0.289. The molecule has 2 aromatic rings. The van der Waals surface area contributed by atoms with Crippen LogP contribution in [0.3, 0.4) is 0 Å². The average Bonchev–Trinajstić information content (AvgIpc) is 2.78. The molecule has 2 N–H and O–H groups in total. The number of nitrogens with zero attached hydrogens (tertiary/aromatic N) is 2. The van der Waals surface area contributed by atoms with Gasteiger partial charge in [0.1, 0.15) is 0 Å². The van der Waals surface area contributed by atoms with Gasteiger partial charge in [-0.3, -0.25) is 0 Å². The van der Waals surface area contributed by atoms with Crippen LogP contribution >= 0.6 is 11.3 Å². The monoisotopic (exact) mass is 267 g/mol. The lowest BCUT2D eigenvalue weighted by atomic mass is 10.2. The van der Waals surface area contributed by atoms with Gasteiger partial charge >= 0.3 is 6.09 Å². The molecular weight excluding hydrogens is 257 g/mol. The number of rotatable bonds is 4. The zero-order valence-electron chi connectivity index (χ0n) is 9.26. The Balaban J connectivity index is 2.06. The number of hydrogen-bond donors (Lipinski definition) is 2. The smallest absolute Gasteiger partial charge is 0.404 e. The zero-order valence-corrected chi connectivity index (χ0v) is 10.1. The van der Waals surface area contributed by atoms with Gasteiger partial charge in [-0.1, -0.05) is 0 Å². The molecule has 18 heavy (non-hydrogen) atoms. The molecule has 1 amide bonds. The van der Waals surface area contributed by atoms with E-state index in [1.807, 2.05) is 0 Å². The Morgan fingerprint density at radius 2 is 2.39 bits per heavy atom. The molecule has 0 saturated carbocycles. The zero-order chi connectivity index (χ0) is 13.0. The van der Waals surface area contributed by atoms with Gasteiger partial charge in [0.15, 0.2) is 0 Å². The highest BCUT2D eigenvalue weighted by Gasteiger charge is 2.09. The lowest BCUT2D eigenvalue weighted by Gasteiger charge is -1.98. The Hall–Kier alpha value is -2.02. The van der Waals surface area contributed by atoms with E-state index >= 15 is 0 Å². The number of amides is 1. The second-order valence-corrected chi connectivity index (χ2v) is 4.39. The van der Waals surface area contributed by atoms with E-state index in [2.05, 4.69) is 15.3 Å². The molecule has 2 heterocycles. The Labute approximate surface area is 106 Å². The average molecular weight is 267 g/mol. The molecule has 0 atom stereocenters. The van der Waals surface area contributed by atoms with Crippen LogP contribution in [0.25, 0.3) is 11.3 Å². The van der Waals surface area contributed by atoms with Crippen molar-refractivity contribution in [3.63, 3.8) is 0 Å². The molecule has 7 heteroatoms. The Morgan fingerprint density at radius 3 is 3.11 bits per heavy atom. The number of aromatic nitrogens is 2. The van der Waals surface area contributed by atoms with E-state index in [0.29, 0.717) is 17.7 Å². The highest BCUT2D eigenvalue weighted by molar-refractivity contribution is 7.09. The Morgan fingerprint density at radius 1 is 1.56 bits per heavy atom. The second-order valence-electron chi connectivity index (χ2n) is 3.45. The SMILES string of the molecule is O=C(O)NCCc1nc(-c2cccnc2F)cs1. The lowest BCUT2D eigenvalue weighted by Crippen LogP contribution is -2.23. The van der Waals surface area contributed by atoms with Gasteiger partial charge in [-0.2, -0.15) is 4.39 Å². The van der Waals surface area contributed by atoms with Gasteiger partial charge in [0.05, 0.1) is 16.3 Å². The van der Waals surface area contributed by atoms with E-state index < -0.39 is 12.0 Å². The van der Waals surface area contributed by atoms with Crippen molar-refractivity contribution in [2.75, 3.05) is 6.54 Å². The second kappa shape index (κ2) is 5.54. The maximum Gasteiger partial charge on any atom is 0.404 e. The molecule has 5 nitrogen and oxygen atoms in total. The first-order valence-corrected chi connectivity index (χ1v) is 6.07. The van der Waals surface area contributed by atoms with Crippen molar-refractivity contribution < 1.29 is 14.3 Å². The maximum absolute atomic E-state index is 13.4. The molecule has 0 radical (unpaired) electrons. The number of thiazole rings is 1. The van der Waals surface area contributed by atoms with Crippen LogP contribution in [0.4, 0.5) is 9.18 Å². The fourth-order valence-electron chi connectivity index (χ4n) is 1.40. The van der Waals surface area contributed by atoms with Crippen molar-refractivity contribution in [2.45, 2.75) is 6.42 Å². The van der Waals surface area contributed by atoms with Gasteiger partial charge in [0.2, 0.25) is 5.95 Å². The first-order chi connectivity index (χ1) is 8.66. The molecule has 0 aromatic carbocycles. The molecule has 0 bridgehead atoms. The molecule has 0 aliphatic heterocycles. The predicted molar refractivity (Wildman–Crippen MR) is 65.0 cm³/mol. The van der Waals surface area contributed by atoms with E-state index in [1.165, 1.54) is 17.5 Å². The fraction of sp³-hybridized carbons (Fsp3) is 0.182. The number of hydrogen-bond acceptors (Lipinski definition) is 4. The highest BCUT2D eigenvalue weighted by atomic mass is 32.1. The maximum atomic E-state index is 13.4. The summed E-state index contributed by atoms with van der Waals surface area (Å²) in [4.78, 5) is 18.1. The summed E-state index contributed by atoms with van der Waals surface area (Å²) in [5.41, 5.74) is 0.877. The minimum Gasteiger partial charge on any atom is -0.465 e. The van der Waals surface area contributed by atoms with E-state index in [-0.39, 0.29) is 6.54 Å². The van der Waals surface area contributed by atoms with Crippen LogP contribution in [0.5, 0.6) is 0 Å². The summed E-state index contributed by atoms with van der Waals surface area (Å²) < 4.78 is 13.4. The molecule has 0 aliphatic rings. The van der Waals surface area contributed by atoms with Crippen molar-refractivity contribution in [2.24, 2.45) is 0 Å². The summed E-state index contributed by atoms with van der Waals surface area (Å²) >= 11 is 1.37. The van der Waals surface area contributed by atoms with Crippen LogP contribution < -0.4 is 5.32 Å². The van der Waals surface area contributed by atoms with Crippen LogP contribution in [0.2, 0.25) is 0 Å². The van der Waals surface area contributed by atoms with Crippen LogP contribution in [-0.2, 0) is 6.42 Å². The van der Waals surface area contributed by atoms with E-state index in [4.69, 9.17) is 5.11 Å². The third kappa shape index (κ3) is 3.01. The fourth-order valence-corrected chi connectivity index (χ4v) is 2.20. The third-order valence-corrected chi connectivity index (χ3v) is 3.11. The Kier molecular flexibility index (Phi) is 3.83. The normalized spacial score (nSPS) is 10.3. The van der Waals surface area contributed by atoms with Gasteiger partial charge in [0.25, 0.3) is 0 Å². The molecule has 0 saturated heterocycles. The minimum atomic E-state index is -1.06. The molecule has 0 aliphatic carbocycles. The summed E-state index contributed by atoms with van der Waals surface area (Å²) in [6, 6.07) is 3.25. The molecular formula is C11H10FN3O2S. The lowest BCUT2D eigenvalue weighted by molar-refractivity contribution is 0.194. The highest BCUT2D eigenvalue weighted by Crippen LogP contribution is 2.23. The number of carbonyl (C=O) groups is 1. The van der Waals surface area contributed by atoms with Crippen molar-refractivity contribution in [1.82, 2.24) is 15.3 Å². The standard InChI is InChI=1S/C11H10FN3O2S/c12-10-7(2-1-4-13-10)8-6-18-9(15-8)3-5-14-11(16)17/h1-2,4,6,14H,3,5H2,(H,16,17). The molecule has 2 aromatic heterocycles. The summed E-state index contributed by atoms with van der Waals surface area (Å²) in [5, 5.41) is 13.2. The van der Waals surface area contributed by atoms with E-state index in [0.717, 1.165) is 5.01 Å². The van der Waals surface area contributed by atoms with Crippen LogP contribution in [0.1, 0.15) is 5.01 Å². The number of halogens is 1. The molecule has 2 rings (SSSR count). The van der Waals surface area contributed by atoms with E-state index in [1.54, 1.807) is 17.5 Å². The topological polar surface area (TPSA) is 75.1 Å². The van der Waals surface area contributed by atoms with Gasteiger partial charge in [-0.25, -0.2) is 14.8 Å². The third-order valence-electron chi connectivity index (χ3n) is 2.20. The summed E-state index contributed by atoms with van der Waals surface area (Å²) in [7, 11) is 0. The van der Waals surface area contributed by atoms with E-state index in [9.17, 15) is 9.18 Å². The van der Waals surface area contributed by atoms with Crippen molar-refractivity contribution >= 4 is 17.4 Å².